The second kappa shape index (κ2) is 9.86. The van der Waals surface area contributed by atoms with E-state index in [1.54, 1.807) is 0 Å². The van der Waals surface area contributed by atoms with Crippen molar-refractivity contribution < 1.29 is 0 Å². The maximum absolute atomic E-state index is 5.21. The second-order valence-corrected chi connectivity index (χ2v) is 11.3. The van der Waals surface area contributed by atoms with Gasteiger partial charge in [-0.3, -0.25) is 0 Å². The molecule has 0 saturated heterocycles. The molecule has 0 unspecified atom stereocenters. The Kier molecular flexibility index (Phi) is 5.54. The highest BCUT2D eigenvalue weighted by atomic mass is 14.8. The Balaban J connectivity index is 1.42. The molecular formula is C42H26N2. The first-order valence-electron chi connectivity index (χ1n) is 15.0. The van der Waals surface area contributed by atoms with E-state index in [1.165, 1.54) is 54.9 Å². The molecule has 7 aromatic carbocycles. The van der Waals surface area contributed by atoms with Gasteiger partial charge in [-0.1, -0.05) is 133 Å². The van der Waals surface area contributed by atoms with Crippen molar-refractivity contribution in [1.82, 2.24) is 0 Å². The van der Waals surface area contributed by atoms with Gasteiger partial charge < -0.3 is 0 Å². The first-order chi connectivity index (χ1) is 21.8. The van der Waals surface area contributed by atoms with Crippen molar-refractivity contribution in [2.75, 3.05) is 0 Å². The van der Waals surface area contributed by atoms with E-state index in [0.717, 1.165) is 33.2 Å². The smallest absolute Gasteiger partial charge is 0.0817 e. The van der Waals surface area contributed by atoms with Crippen molar-refractivity contribution in [3.05, 3.63) is 179 Å². The Morgan fingerprint density at radius 3 is 1.61 bits per heavy atom. The van der Waals surface area contributed by atoms with Gasteiger partial charge >= 0.3 is 0 Å². The van der Waals surface area contributed by atoms with Gasteiger partial charge in [-0.25, -0.2) is 9.98 Å². The Bertz CT molecular complexity index is 2480. The van der Waals surface area contributed by atoms with E-state index < -0.39 is 0 Å². The summed E-state index contributed by atoms with van der Waals surface area (Å²) in [5, 5.41) is 4.33. The lowest BCUT2D eigenvalue weighted by Crippen LogP contribution is -2.02. The maximum Gasteiger partial charge on any atom is 0.0817 e. The van der Waals surface area contributed by atoms with Crippen LogP contribution in [-0.2, 0) is 0 Å². The van der Waals surface area contributed by atoms with Crippen molar-refractivity contribution in [2.24, 2.45) is 9.98 Å². The average Bonchev–Trinajstić information content (AvgIpc) is 3.67. The third-order valence-corrected chi connectivity index (χ3v) is 8.84. The average molecular weight is 559 g/mol. The molecule has 0 bridgehead atoms. The van der Waals surface area contributed by atoms with Crippen LogP contribution in [0.1, 0.15) is 0 Å². The van der Waals surface area contributed by atoms with Crippen molar-refractivity contribution >= 4 is 11.4 Å². The van der Waals surface area contributed by atoms with Crippen molar-refractivity contribution in [3.8, 4) is 55.6 Å². The molecule has 0 radical (unpaired) electrons. The van der Waals surface area contributed by atoms with E-state index in [2.05, 4.69) is 158 Å². The molecule has 0 fully saturated rings. The summed E-state index contributed by atoms with van der Waals surface area (Å²) in [5.74, 6) is 0. The monoisotopic (exact) mass is 558 g/mol. The molecule has 0 N–H and O–H groups in total. The molecule has 0 aliphatic carbocycles. The molecule has 0 saturated carbocycles. The first kappa shape index (κ1) is 24.7. The molecule has 2 heterocycles. The van der Waals surface area contributed by atoms with Crippen LogP contribution in [0.3, 0.4) is 0 Å². The van der Waals surface area contributed by atoms with E-state index in [1.807, 2.05) is 0 Å². The molecule has 2 heteroatoms. The first-order valence-corrected chi connectivity index (χ1v) is 15.0. The van der Waals surface area contributed by atoms with E-state index in [4.69, 9.17) is 9.98 Å². The zero-order valence-corrected chi connectivity index (χ0v) is 23.9. The minimum Gasteiger partial charge on any atom is -0.248 e. The predicted molar refractivity (Wildman–Crippen MR) is 179 cm³/mol. The van der Waals surface area contributed by atoms with Crippen LogP contribution in [0.15, 0.2) is 168 Å². The lowest BCUT2D eigenvalue weighted by atomic mass is 9.82. The number of para-hydroxylation sites is 1. The zero-order valence-electron chi connectivity index (χ0n) is 23.9. The van der Waals surface area contributed by atoms with Crippen molar-refractivity contribution in [1.29, 1.82) is 0 Å². The summed E-state index contributed by atoms with van der Waals surface area (Å²) in [5.41, 5.74) is 13.8. The van der Waals surface area contributed by atoms with Gasteiger partial charge in [0, 0.05) is 27.1 Å². The topological polar surface area (TPSA) is 24.7 Å². The molecule has 2 aliphatic rings. The van der Waals surface area contributed by atoms with E-state index in [9.17, 15) is 0 Å². The molecule has 0 amide bonds. The largest absolute Gasteiger partial charge is 0.248 e. The molecule has 9 rings (SSSR count). The van der Waals surface area contributed by atoms with Crippen LogP contribution >= 0.6 is 0 Å². The second-order valence-electron chi connectivity index (χ2n) is 11.3. The fraction of sp³-hybridized carbons (Fsp3) is 0. The molecule has 7 aromatic rings. The minimum atomic E-state index is 0.974. The molecule has 0 aromatic heterocycles. The summed E-state index contributed by atoms with van der Waals surface area (Å²) < 4.78 is 0. The fourth-order valence-electron chi connectivity index (χ4n) is 6.90. The summed E-state index contributed by atoms with van der Waals surface area (Å²) in [6.45, 7) is 0. The molecule has 44 heavy (non-hydrogen) atoms. The number of rotatable bonds is 4. The summed E-state index contributed by atoms with van der Waals surface area (Å²) in [6.07, 6.45) is 0. The van der Waals surface area contributed by atoms with Gasteiger partial charge in [0.05, 0.1) is 22.1 Å². The summed E-state index contributed by atoms with van der Waals surface area (Å²) in [4.78, 5) is 10.4. The number of benzene rings is 7. The van der Waals surface area contributed by atoms with Gasteiger partial charge in [0.1, 0.15) is 0 Å². The third-order valence-electron chi connectivity index (χ3n) is 8.84. The van der Waals surface area contributed by atoms with E-state index in [-0.39, 0.29) is 0 Å². The predicted octanol–water partition coefficient (Wildman–Crippen LogP) is 9.84. The number of hydrogen-bond donors (Lipinski definition) is 0. The van der Waals surface area contributed by atoms with Crippen LogP contribution in [0.4, 0.5) is 11.4 Å². The van der Waals surface area contributed by atoms with Crippen molar-refractivity contribution in [3.63, 3.8) is 0 Å². The number of fused-ring (bicyclic) bond motifs is 6. The lowest BCUT2D eigenvalue weighted by Gasteiger charge is -2.21. The summed E-state index contributed by atoms with van der Waals surface area (Å²) >= 11 is 0. The molecular weight excluding hydrogens is 532 g/mol. The van der Waals surface area contributed by atoms with E-state index in [0.29, 0.717) is 0 Å². The summed E-state index contributed by atoms with van der Waals surface area (Å²) in [7, 11) is 0. The molecule has 204 valence electrons. The van der Waals surface area contributed by atoms with Gasteiger partial charge in [-0.2, -0.15) is 0 Å². The number of hydrogen-bond acceptors (Lipinski definition) is 2. The van der Waals surface area contributed by atoms with Crippen LogP contribution in [0.2, 0.25) is 0 Å². The number of nitrogens with zero attached hydrogens (tertiary/aromatic N) is 2. The van der Waals surface area contributed by atoms with Crippen LogP contribution < -0.4 is 10.7 Å². The Morgan fingerprint density at radius 1 is 0.295 bits per heavy atom. The van der Waals surface area contributed by atoms with Crippen LogP contribution in [0.5, 0.6) is 0 Å². The van der Waals surface area contributed by atoms with Crippen LogP contribution in [0.25, 0.3) is 55.6 Å². The maximum atomic E-state index is 5.21. The Morgan fingerprint density at radius 2 is 0.886 bits per heavy atom. The lowest BCUT2D eigenvalue weighted by molar-refractivity contribution is 1.36. The highest BCUT2D eigenvalue weighted by Gasteiger charge is 2.28. The standard InChI is InChI=1S/C42H26N2/c1-3-13-27(14-4-1)29-17-7-9-19-31(29)34-23-25-37-40(39(34)33-21-10-8-18-30(33)28-15-5-2-6-16-28)41-38(43-37)26-24-35-32-20-11-12-22-36(32)44-42(35)41/h1-26H. The Labute approximate surface area is 255 Å². The van der Waals surface area contributed by atoms with Gasteiger partial charge in [-0.15, -0.1) is 0 Å². The molecule has 0 atom stereocenters. The third kappa shape index (κ3) is 3.75. The van der Waals surface area contributed by atoms with Crippen molar-refractivity contribution in [2.45, 2.75) is 0 Å². The SMILES string of the molecule is c1ccc(-c2ccccc2-c2ccc3c(c2-c2ccccc2-c2ccccc2)-c2c4c(ccc2=N3)=c2ccccc2=N4)cc1. The van der Waals surface area contributed by atoms with Gasteiger partial charge in [-0.05, 0) is 63.2 Å². The van der Waals surface area contributed by atoms with Crippen LogP contribution in [-0.4, -0.2) is 0 Å². The van der Waals surface area contributed by atoms with Crippen LogP contribution in [0, 0.1) is 10.4 Å². The van der Waals surface area contributed by atoms with E-state index >= 15 is 0 Å². The van der Waals surface area contributed by atoms with Gasteiger partial charge in [0.25, 0.3) is 0 Å². The Hall–Kier alpha value is -5.86. The minimum absolute atomic E-state index is 0.974. The molecule has 2 nitrogen and oxygen atoms in total. The molecule has 0 spiro atoms. The normalized spacial score (nSPS) is 12.0. The zero-order chi connectivity index (χ0) is 29.0. The highest BCUT2D eigenvalue weighted by molar-refractivity contribution is 6.07. The van der Waals surface area contributed by atoms with Gasteiger partial charge in [0.2, 0.25) is 0 Å². The van der Waals surface area contributed by atoms with Gasteiger partial charge in [0.15, 0.2) is 0 Å². The summed E-state index contributed by atoms with van der Waals surface area (Å²) in [6, 6.07) is 56.1. The fourth-order valence-corrected chi connectivity index (χ4v) is 6.90. The highest BCUT2D eigenvalue weighted by Crippen LogP contribution is 2.52. The molecule has 2 aliphatic heterocycles. The quantitative estimate of drug-likeness (QED) is 0.205.